The Balaban J connectivity index is 1.56. The molecule has 0 radical (unpaired) electrons. The molecule has 1 unspecified atom stereocenters. The van der Waals surface area contributed by atoms with Gasteiger partial charge in [0, 0.05) is 5.39 Å². The second kappa shape index (κ2) is 8.11. The van der Waals surface area contributed by atoms with Crippen LogP contribution in [0.3, 0.4) is 0 Å². The predicted octanol–water partition coefficient (Wildman–Crippen LogP) is 3.97. The van der Waals surface area contributed by atoms with Crippen LogP contribution in [0.25, 0.3) is 10.8 Å². The van der Waals surface area contributed by atoms with Crippen molar-refractivity contribution in [1.29, 1.82) is 0 Å². The van der Waals surface area contributed by atoms with Crippen LogP contribution in [-0.2, 0) is 27.7 Å². The summed E-state index contributed by atoms with van der Waals surface area (Å²) in [6, 6.07) is 19.2. The normalized spacial score (nSPS) is 14.3. The predicted molar refractivity (Wildman–Crippen MR) is 121 cm³/mol. The number of rotatable bonds is 6. The van der Waals surface area contributed by atoms with Crippen LogP contribution in [0.15, 0.2) is 60.7 Å². The fourth-order valence-electron chi connectivity index (χ4n) is 4.17. The Kier molecular flexibility index (Phi) is 5.52. The van der Waals surface area contributed by atoms with Gasteiger partial charge in [-0.3, -0.25) is 9.10 Å². The molecule has 1 aliphatic rings. The van der Waals surface area contributed by atoms with Gasteiger partial charge in [-0.05, 0) is 54.3 Å². The summed E-state index contributed by atoms with van der Waals surface area (Å²) in [5.41, 5.74) is 4.29. The SMILES string of the molecule is CC(NC(=O)CN(c1cccc2ccccc12)S(C)(=O)=O)c1ccc2c(c1)CCC2. The standard InChI is InChI=1S/C24H26N2O3S/c1-17(20-14-13-18-8-5-10-21(18)15-20)25-24(27)16-26(30(2,28)29)23-12-6-9-19-7-3-4-11-22(19)23/h3-4,6-7,9,11-15,17H,5,8,10,16H2,1-2H3,(H,25,27). The van der Waals surface area contributed by atoms with Crippen molar-refractivity contribution in [3.63, 3.8) is 0 Å². The third-order valence-corrected chi connectivity index (χ3v) is 6.85. The minimum atomic E-state index is -3.64. The molecule has 0 bridgehead atoms. The molecule has 3 aromatic carbocycles. The van der Waals surface area contributed by atoms with Crippen LogP contribution in [-0.4, -0.2) is 27.1 Å². The van der Waals surface area contributed by atoms with E-state index < -0.39 is 10.0 Å². The number of nitrogens with zero attached hydrogens (tertiary/aromatic N) is 1. The van der Waals surface area contributed by atoms with E-state index in [9.17, 15) is 13.2 Å². The lowest BCUT2D eigenvalue weighted by Crippen LogP contribution is -2.41. The van der Waals surface area contributed by atoms with E-state index in [1.165, 1.54) is 21.9 Å². The highest BCUT2D eigenvalue weighted by atomic mass is 32.2. The summed E-state index contributed by atoms with van der Waals surface area (Å²) in [5, 5.41) is 4.69. The number of hydrogen-bond donors (Lipinski definition) is 1. The molecule has 3 aromatic rings. The third kappa shape index (κ3) is 4.19. The maximum absolute atomic E-state index is 12.8. The first-order chi connectivity index (χ1) is 14.3. The lowest BCUT2D eigenvalue weighted by molar-refractivity contribution is -0.120. The summed E-state index contributed by atoms with van der Waals surface area (Å²) in [7, 11) is -3.64. The van der Waals surface area contributed by atoms with Gasteiger partial charge >= 0.3 is 0 Å². The number of benzene rings is 3. The Bertz CT molecular complexity index is 1200. The van der Waals surface area contributed by atoms with Gasteiger partial charge in [-0.1, -0.05) is 54.6 Å². The van der Waals surface area contributed by atoms with Gasteiger partial charge in [-0.15, -0.1) is 0 Å². The van der Waals surface area contributed by atoms with Crippen molar-refractivity contribution in [3.05, 3.63) is 77.4 Å². The molecule has 0 spiro atoms. The van der Waals surface area contributed by atoms with Crippen LogP contribution in [0.1, 0.15) is 36.1 Å². The molecule has 0 saturated heterocycles. The highest BCUT2D eigenvalue weighted by Gasteiger charge is 2.23. The molecule has 1 N–H and O–H groups in total. The number of aryl methyl sites for hydroxylation is 2. The molecule has 156 valence electrons. The summed E-state index contributed by atoms with van der Waals surface area (Å²) in [6.45, 7) is 1.67. The van der Waals surface area contributed by atoms with E-state index in [-0.39, 0.29) is 18.5 Å². The quantitative estimate of drug-likeness (QED) is 0.654. The van der Waals surface area contributed by atoms with Crippen molar-refractivity contribution < 1.29 is 13.2 Å². The van der Waals surface area contributed by atoms with Crippen molar-refractivity contribution in [3.8, 4) is 0 Å². The highest BCUT2D eigenvalue weighted by Crippen LogP contribution is 2.29. The molecule has 0 heterocycles. The lowest BCUT2D eigenvalue weighted by Gasteiger charge is -2.24. The minimum absolute atomic E-state index is 0.197. The van der Waals surface area contributed by atoms with Gasteiger partial charge in [0.25, 0.3) is 0 Å². The van der Waals surface area contributed by atoms with Crippen molar-refractivity contribution >= 4 is 32.4 Å². The molecule has 1 atom stereocenters. The van der Waals surface area contributed by atoms with Crippen LogP contribution in [0.2, 0.25) is 0 Å². The number of hydrogen-bond acceptors (Lipinski definition) is 3. The van der Waals surface area contributed by atoms with Gasteiger partial charge in [-0.25, -0.2) is 8.42 Å². The van der Waals surface area contributed by atoms with E-state index in [2.05, 4.69) is 17.4 Å². The number of fused-ring (bicyclic) bond motifs is 2. The first kappa shape index (κ1) is 20.4. The van der Waals surface area contributed by atoms with Crippen molar-refractivity contribution in [2.75, 3.05) is 17.1 Å². The fraction of sp³-hybridized carbons (Fsp3) is 0.292. The van der Waals surface area contributed by atoms with Crippen LogP contribution < -0.4 is 9.62 Å². The molecular weight excluding hydrogens is 396 g/mol. The van der Waals surface area contributed by atoms with Crippen molar-refractivity contribution in [1.82, 2.24) is 5.32 Å². The number of anilines is 1. The summed E-state index contributed by atoms with van der Waals surface area (Å²) >= 11 is 0. The largest absolute Gasteiger partial charge is 0.348 e. The number of sulfonamides is 1. The molecule has 0 saturated carbocycles. The van der Waals surface area contributed by atoms with E-state index in [1.54, 1.807) is 12.1 Å². The van der Waals surface area contributed by atoms with E-state index >= 15 is 0 Å². The van der Waals surface area contributed by atoms with Crippen LogP contribution in [0, 0.1) is 0 Å². The summed E-state index contributed by atoms with van der Waals surface area (Å²) in [5.74, 6) is -0.332. The lowest BCUT2D eigenvalue weighted by atomic mass is 10.0. The number of carbonyl (C=O) groups is 1. The highest BCUT2D eigenvalue weighted by molar-refractivity contribution is 7.92. The molecule has 0 fully saturated rings. The van der Waals surface area contributed by atoms with Gasteiger partial charge in [0.15, 0.2) is 0 Å². The molecule has 0 aromatic heterocycles. The maximum atomic E-state index is 12.8. The Labute approximate surface area is 177 Å². The number of carbonyl (C=O) groups excluding carboxylic acids is 1. The zero-order valence-electron chi connectivity index (χ0n) is 17.3. The topological polar surface area (TPSA) is 66.5 Å². The zero-order valence-corrected chi connectivity index (χ0v) is 18.1. The van der Waals surface area contributed by atoms with Crippen LogP contribution in [0.5, 0.6) is 0 Å². The Morgan fingerprint density at radius 2 is 1.77 bits per heavy atom. The fourth-order valence-corrected chi connectivity index (χ4v) is 5.04. The smallest absolute Gasteiger partial charge is 0.241 e. The number of nitrogens with one attached hydrogen (secondary N) is 1. The molecule has 4 rings (SSSR count). The monoisotopic (exact) mass is 422 g/mol. The van der Waals surface area contributed by atoms with Gasteiger partial charge in [0.2, 0.25) is 15.9 Å². The van der Waals surface area contributed by atoms with E-state index in [0.29, 0.717) is 5.69 Å². The van der Waals surface area contributed by atoms with Gasteiger partial charge in [0.1, 0.15) is 6.54 Å². The zero-order chi connectivity index (χ0) is 21.3. The Morgan fingerprint density at radius 1 is 1.03 bits per heavy atom. The van der Waals surface area contributed by atoms with Crippen LogP contribution >= 0.6 is 0 Å². The minimum Gasteiger partial charge on any atom is -0.348 e. The van der Waals surface area contributed by atoms with E-state index in [0.717, 1.165) is 35.4 Å². The molecule has 5 nitrogen and oxygen atoms in total. The first-order valence-corrected chi connectivity index (χ1v) is 12.0. The van der Waals surface area contributed by atoms with Crippen molar-refractivity contribution in [2.45, 2.75) is 32.2 Å². The third-order valence-electron chi connectivity index (χ3n) is 5.72. The Morgan fingerprint density at radius 3 is 2.57 bits per heavy atom. The average Bonchev–Trinajstić information content (AvgIpc) is 3.19. The average molecular weight is 423 g/mol. The molecule has 0 aliphatic heterocycles. The second-order valence-electron chi connectivity index (χ2n) is 7.94. The summed E-state index contributed by atoms with van der Waals surface area (Å²) < 4.78 is 26.3. The van der Waals surface area contributed by atoms with Gasteiger partial charge in [0.05, 0.1) is 18.0 Å². The van der Waals surface area contributed by atoms with E-state index in [1.807, 2.05) is 43.3 Å². The summed E-state index contributed by atoms with van der Waals surface area (Å²) in [4.78, 5) is 12.8. The van der Waals surface area contributed by atoms with E-state index in [4.69, 9.17) is 0 Å². The van der Waals surface area contributed by atoms with Crippen molar-refractivity contribution in [2.24, 2.45) is 0 Å². The molecule has 30 heavy (non-hydrogen) atoms. The maximum Gasteiger partial charge on any atom is 0.241 e. The van der Waals surface area contributed by atoms with Crippen LogP contribution in [0.4, 0.5) is 5.69 Å². The first-order valence-electron chi connectivity index (χ1n) is 10.2. The van der Waals surface area contributed by atoms with Gasteiger partial charge < -0.3 is 5.32 Å². The summed E-state index contributed by atoms with van der Waals surface area (Å²) in [6.07, 6.45) is 4.50. The Hall–Kier alpha value is -2.86. The molecule has 1 aliphatic carbocycles. The number of amides is 1. The molecular formula is C24H26N2O3S. The van der Waals surface area contributed by atoms with Gasteiger partial charge in [-0.2, -0.15) is 0 Å². The second-order valence-corrected chi connectivity index (χ2v) is 9.85. The molecule has 1 amide bonds. The molecule has 6 heteroatoms.